The minimum atomic E-state index is -0.0865. The van der Waals surface area contributed by atoms with Gasteiger partial charge in [0, 0.05) is 23.3 Å². The number of hydrogen-bond acceptors (Lipinski definition) is 5. The van der Waals surface area contributed by atoms with Crippen LogP contribution in [0.3, 0.4) is 0 Å². The van der Waals surface area contributed by atoms with Crippen LogP contribution in [0, 0.1) is 0 Å². The highest BCUT2D eigenvalue weighted by molar-refractivity contribution is 6.15. The van der Waals surface area contributed by atoms with E-state index in [4.69, 9.17) is 9.72 Å². The molecule has 0 radical (unpaired) electrons. The Kier molecular flexibility index (Phi) is 4.48. The average Bonchev–Trinajstić information content (AvgIpc) is 3.40. The van der Waals surface area contributed by atoms with Crippen molar-refractivity contribution >= 4 is 27.7 Å². The highest BCUT2D eigenvalue weighted by Gasteiger charge is 2.20. The van der Waals surface area contributed by atoms with Crippen LogP contribution in [0.5, 0.6) is 5.88 Å². The number of fused-ring (bicyclic) bond motifs is 3. The second kappa shape index (κ2) is 7.44. The molecule has 0 saturated heterocycles. The second-order valence-electron chi connectivity index (χ2n) is 6.95. The van der Waals surface area contributed by atoms with Crippen LogP contribution in [0.15, 0.2) is 73.3 Å². The normalized spacial score (nSPS) is 11.2. The van der Waals surface area contributed by atoms with E-state index in [0.717, 1.165) is 27.5 Å². The third-order valence-electron chi connectivity index (χ3n) is 5.03. The number of benzene rings is 2. The van der Waals surface area contributed by atoms with Crippen LogP contribution < -0.4 is 4.74 Å². The molecular weight excluding hydrogens is 378 g/mol. The molecule has 0 unspecified atom stereocenters. The number of rotatable bonds is 5. The maximum absolute atomic E-state index is 12.6. The molecule has 2 aromatic carbocycles. The molecule has 0 aliphatic rings. The van der Waals surface area contributed by atoms with Gasteiger partial charge in [0.15, 0.2) is 0 Å². The lowest BCUT2D eigenvalue weighted by atomic mass is 10.1. The summed E-state index contributed by atoms with van der Waals surface area (Å²) in [6.45, 7) is 2.43. The van der Waals surface area contributed by atoms with Crippen molar-refractivity contribution < 1.29 is 9.53 Å². The Labute approximate surface area is 172 Å². The third kappa shape index (κ3) is 3.10. The van der Waals surface area contributed by atoms with Crippen molar-refractivity contribution in [1.82, 2.24) is 24.3 Å². The van der Waals surface area contributed by atoms with Crippen LogP contribution in [-0.2, 0) is 6.54 Å². The van der Waals surface area contributed by atoms with E-state index < -0.39 is 0 Å². The second-order valence-corrected chi connectivity index (χ2v) is 6.95. The van der Waals surface area contributed by atoms with Gasteiger partial charge in [-0.1, -0.05) is 48.5 Å². The third-order valence-corrected chi connectivity index (χ3v) is 5.03. The fraction of sp³-hybridized carbons (Fsp3) is 0.130. The van der Waals surface area contributed by atoms with Crippen LogP contribution >= 0.6 is 0 Å². The van der Waals surface area contributed by atoms with Crippen molar-refractivity contribution in [3.8, 4) is 17.1 Å². The molecule has 0 fully saturated rings. The quantitative estimate of drug-likeness (QED) is 0.445. The van der Waals surface area contributed by atoms with E-state index in [-0.39, 0.29) is 5.91 Å². The molecule has 0 N–H and O–H groups in total. The van der Waals surface area contributed by atoms with Gasteiger partial charge in [0.05, 0.1) is 17.8 Å². The van der Waals surface area contributed by atoms with Crippen molar-refractivity contribution in [3.05, 3.63) is 73.3 Å². The van der Waals surface area contributed by atoms with Crippen LogP contribution in [0.2, 0.25) is 0 Å². The lowest BCUT2D eigenvalue weighted by Crippen LogP contribution is -2.11. The zero-order chi connectivity index (χ0) is 20.5. The molecule has 0 bridgehead atoms. The molecule has 0 atom stereocenters. The number of hydrogen-bond donors (Lipinski definition) is 0. The van der Waals surface area contributed by atoms with E-state index in [1.165, 1.54) is 6.33 Å². The maximum atomic E-state index is 12.6. The Morgan fingerprint density at radius 2 is 1.83 bits per heavy atom. The zero-order valence-electron chi connectivity index (χ0n) is 16.4. The van der Waals surface area contributed by atoms with Crippen molar-refractivity contribution in [2.75, 3.05) is 6.61 Å². The summed E-state index contributed by atoms with van der Waals surface area (Å²) in [6, 6.07) is 19.8. The largest absolute Gasteiger partial charge is 0.474 e. The van der Waals surface area contributed by atoms with Gasteiger partial charge in [0.25, 0.3) is 0 Å². The van der Waals surface area contributed by atoms with E-state index in [9.17, 15) is 4.79 Å². The standard InChI is InChI=1S/C23H19N5O2/c1-16(29)28-21-10-6-5-9-18(21)19-13-20(17-7-3-2-4-8-17)26-23(22(19)28)30-12-11-27-15-24-14-25-27/h2-10,13-15H,11-12H2,1H3. The molecule has 0 aliphatic carbocycles. The molecule has 3 heterocycles. The molecule has 0 saturated carbocycles. The van der Waals surface area contributed by atoms with E-state index in [0.29, 0.717) is 24.5 Å². The lowest BCUT2D eigenvalue weighted by Gasteiger charge is -2.11. The van der Waals surface area contributed by atoms with Crippen molar-refractivity contribution in [1.29, 1.82) is 0 Å². The van der Waals surface area contributed by atoms with Crippen LogP contribution in [0.4, 0.5) is 0 Å². The Morgan fingerprint density at radius 1 is 1.03 bits per heavy atom. The van der Waals surface area contributed by atoms with Crippen molar-refractivity contribution in [3.63, 3.8) is 0 Å². The van der Waals surface area contributed by atoms with Crippen LogP contribution in [0.25, 0.3) is 33.1 Å². The van der Waals surface area contributed by atoms with Crippen LogP contribution in [-0.4, -0.2) is 36.8 Å². The van der Waals surface area contributed by atoms with E-state index in [2.05, 4.69) is 10.1 Å². The number of pyridine rings is 1. The van der Waals surface area contributed by atoms with Crippen molar-refractivity contribution in [2.24, 2.45) is 0 Å². The number of para-hydroxylation sites is 1. The van der Waals surface area contributed by atoms with Crippen LogP contribution in [0.1, 0.15) is 11.7 Å². The molecule has 0 spiro atoms. The van der Waals surface area contributed by atoms with E-state index >= 15 is 0 Å². The zero-order valence-corrected chi connectivity index (χ0v) is 16.4. The number of carbonyl (C=O) groups is 1. The predicted molar refractivity (Wildman–Crippen MR) is 114 cm³/mol. The number of aromatic nitrogens is 5. The molecule has 5 aromatic rings. The smallest absolute Gasteiger partial charge is 0.239 e. The highest BCUT2D eigenvalue weighted by atomic mass is 16.5. The van der Waals surface area contributed by atoms with Gasteiger partial charge in [-0.05, 0) is 12.1 Å². The monoisotopic (exact) mass is 397 g/mol. The molecule has 148 valence electrons. The van der Waals surface area contributed by atoms with E-state index in [1.807, 2.05) is 60.7 Å². The summed E-state index contributed by atoms with van der Waals surface area (Å²) < 4.78 is 9.47. The van der Waals surface area contributed by atoms with Gasteiger partial charge >= 0.3 is 0 Å². The average molecular weight is 397 g/mol. The fourth-order valence-corrected chi connectivity index (χ4v) is 3.72. The van der Waals surface area contributed by atoms with Gasteiger partial charge < -0.3 is 4.74 Å². The Hall–Kier alpha value is -4.00. The minimum absolute atomic E-state index is 0.0865. The molecule has 0 aliphatic heterocycles. The predicted octanol–water partition coefficient (Wildman–Crippen LogP) is 4.19. The number of ether oxygens (including phenoxy) is 1. The summed E-state index contributed by atoms with van der Waals surface area (Å²) in [4.78, 5) is 21.3. The number of carbonyl (C=O) groups excluding carboxylic acids is 1. The molecule has 3 aromatic heterocycles. The first-order chi connectivity index (χ1) is 14.7. The van der Waals surface area contributed by atoms with Gasteiger partial charge in [0.1, 0.15) is 24.8 Å². The summed E-state index contributed by atoms with van der Waals surface area (Å²) >= 11 is 0. The lowest BCUT2D eigenvalue weighted by molar-refractivity contribution is 0.0945. The summed E-state index contributed by atoms with van der Waals surface area (Å²) in [7, 11) is 0. The maximum Gasteiger partial charge on any atom is 0.239 e. The molecule has 7 nitrogen and oxygen atoms in total. The van der Waals surface area contributed by atoms with Gasteiger partial charge in [-0.2, -0.15) is 5.10 Å². The minimum Gasteiger partial charge on any atom is -0.474 e. The Balaban J connectivity index is 1.71. The molecule has 5 rings (SSSR count). The van der Waals surface area contributed by atoms with Gasteiger partial charge in [0.2, 0.25) is 11.8 Å². The van der Waals surface area contributed by atoms with E-state index in [1.54, 1.807) is 22.5 Å². The first-order valence-corrected chi connectivity index (χ1v) is 9.68. The summed E-state index contributed by atoms with van der Waals surface area (Å²) in [6.07, 6.45) is 3.12. The highest BCUT2D eigenvalue weighted by Crippen LogP contribution is 2.36. The Morgan fingerprint density at radius 3 is 2.60 bits per heavy atom. The SMILES string of the molecule is CC(=O)n1c2ccccc2c2cc(-c3ccccc3)nc(OCCn3cncn3)c21. The first-order valence-electron chi connectivity index (χ1n) is 9.68. The van der Waals surface area contributed by atoms with Crippen molar-refractivity contribution in [2.45, 2.75) is 13.5 Å². The molecule has 7 heteroatoms. The molecule has 30 heavy (non-hydrogen) atoms. The van der Waals surface area contributed by atoms with Gasteiger partial charge in [-0.3, -0.25) is 9.36 Å². The fourth-order valence-electron chi connectivity index (χ4n) is 3.72. The molecule has 0 amide bonds. The molecular formula is C23H19N5O2. The van der Waals surface area contributed by atoms with Gasteiger partial charge in [-0.15, -0.1) is 0 Å². The topological polar surface area (TPSA) is 74.8 Å². The summed E-state index contributed by atoms with van der Waals surface area (Å²) in [5, 5.41) is 6.03. The summed E-state index contributed by atoms with van der Waals surface area (Å²) in [5.41, 5.74) is 3.31. The van der Waals surface area contributed by atoms with Gasteiger partial charge in [-0.25, -0.2) is 14.6 Å². The number of nitrogens with zero attached hydrogens (tertiary/aromatic N) is 5. The first kappa shape index (κ1) is 18.1. The Bertz CT molecular complexity index is 1340. The summed E-state index contributed by atoms with van der Waals surface area (Å²) in [5.74, 6) is 0.342.